The lowest BCUT2D eigenvalue weighted by atomic mass is 9.96. The molecule has 0 saturated carbocycles. The number of hydrogen-bond acceptors (Lipinski definition) is 6. The summed E-state index contributed by atoms with van der Waals surface area (Å²) < 4.78 is 0. The zero-order valence-corrected chi connectivity index (χ0v) is 22.4. The Morgan fingerprint density at radius 2 is 0.833 bits per heavy atom. The van der Waals surface area contributed by atoms with Gasteiger partial charge in [-0.1, -0.05) is 127 Å². The maximum Gasteiger partial charge on any atom is 0.111 e. The van der Waals surface area contributed by atoms with Gasteiger partial charge in [0.15, 0.2) is 0 Å². The molecule has 0 amide bonds. The maximum absolute atomic E-state index is 9.99. The molecule has 1 unspecified atom stereocenters. The molecule has 1 aromatic rings. The fourth-order valence-corrected chi connectivity index (χ4v) is 4.74. The van der Waals surface area contributed by atoms with E-state index < -0.39 is 37.1 Å². The van der Waals surface area contributed by atoms with Crippen LogP contribution in [0.2, 0.25) is 0 Å². The summed E-state index contributed by atoms with van der Waals surface area (Å²) in [6.07, 6.45) is 13.8. The lowest BCUT2D eigenvalue weighted by molar-refractivity contribution is -0.141. The number of aliphatic hydroxyl groups is 6. The molecular formula is C30H54O6. The number of unbranched alkanes of at least 4 members (excludes halogenated alkanes) is 15. The molecule has 6 heteroatoms. The van der Waals surface area contributed by atoms with Gasteiger partial charge in [-0.25, -0.2) is 0 Å². The van der Waals surface area contributed by atoms with Crippen LogP contribution in [-0.2, 0) is 6.42 Å². The molecule has 0 radical (unpaired) electrons. The van der Waals surface area contributed by atoms with Crippen molar-refractivity contribution < 1.29 is 30.6 Å². The highest BCUT2D eigenvalue weighted by atomic mass is 16.4. The zero-order chi connectivity index (χ0) is 26.4. The Labute approximate surface area is 219 Å². The summed E-state index contributed by atoms with van der Waals surface area (Å²) in [5.41, 5.74) is 1.46. The minimum Gasteiger partial charge on any atom is -0.394 e. The topological polar surface area (TPSA) is 121 Å². The fraction of sp³-hybridized carbons (Fsp3) is 0.800. The van der Waals surface area contributed by atoms with Gasteiger partial charge >= 0.3 is 0 Å². The van der Waals surface area contributed by atoms with Gasteiger partial charge in [-0.3, -0.25) is 0 Å². The lowest BCUT2D eigenvalue weighted by Gasteiger charge is -2.28. The number of hydrogen-bond donors (Lipinski definition) is 6. The Bertz CT molecular complexity index is 598. The molecule has 0 aromatic heterocycles. The van der Waals surface area contributed by atoms with Crippen LogP contribution in [-0.4, -0.2) is 67.8 Å². The Hall–Kier alpha value is -1.02. The largest absolute Gasteiger partial charge is 0.394 e. The van der Waals surface area contributed by atoms with Gasteiger partial charge in [0.1, 0.15) is 24.4 Å². The van der Waals surface area contributed by atoms with Gasteiger partial charge in [-0.15, -0.1) is 0 Å². The average Bonchev–Trinajstić information content (AvgIpc) is 2.91. The van der Waals surface area contributed by atoms with E-state index in [0.29, 0.717) is 6.42 Å². The van der Waals surface area contributed by atoms with E-state index in [2.05, 4.69) is 30.3 Å². The third kappa shape index (κ3) is 16.0. The lowest BCUT2D eigenvalue weighted by Crippen LogP contribution is -2.49. The molecule has 0 heterocycles. The first-order valence-corrected chi connectivity index (χ1v) is 14.5. The normalized spacial score (nSPS) is 15.9. The summed E-state index contributed by atoms with van der Waals surface area (Å²) in [4.78, 5) is 0. The highest BCUT2D eigenvalue weighted by Gasteiger charge is 2.33. The molecule has 6 N–H and O–H groups in total. The SMILES string of the molecule is OC[C@@H](O)[C@@H](O)[C@H](O)[C@@H](O)C(O)CCCCCCCCCCCCCCCCCCc1ccccc1. The number of benzene rings is 1. The molecule has 6 nitrogen and oxygen atoms in total. The number of aryl methyl sites for hydroxylation is 1. The second kappa shape index (κ2) is 22.0. The van der Waals surface area contributed by atoms with E-state index in [1.165, 1.54) is 95.5 Å². The van der Waals surface area contributed by atoms with Crippen LogP contribution < -0.4 is 0 Å². The third-order valence-electron chi connectivity index (χ3n) is 7.23. The molecule has 5 atom stereocenters. The molecule has 0 aliphatic heterocycles. The van der Waals surface area contributed by atoms with Crippen LogP contribution in [0.15, 0.2) is 30.3 Å². The third-order valence-corrected chi connectivity index (χ3v) is 7.23. The summed E-state index contributed by atoms with van der Waals surface area (Å²) >= 11 is 0. The first-order chi connectivity index (χ1) is 17.5. The highest BCUT2D eigenvalue weighted by Crippen LogP contribution is 2.17. The van der Waals surface area contributed by atoms with E-state index in [0.717, 1.165) is 19.3 Å². The molecule has 0 aliphatic carbocycles. The Kier molecular flexibility index (Phi) is 20.2. The van der Waals surface area contributed by atoms with Gasteiger partial charge in [0.25, 0.3) is 0 Å². The Morgan fingerprint density at radius 1 is 0.444 bits per heavy atom. The second-order valence-electron chi connectivity index (χ2n) is 10.5. The van der Waals surface area contributed by atoms with Gasteiger partial charge in [0.2, 0.25) is 0 Å². The van der Waals surface area contributed by atoms with Crippen LogP contribution in [0.1, 0.15) is 115 Å². The molecule has 1 rings (SSSR count). The molecule has 0 saturated heterocycles. The quantitative estimate of drug-likeness (QED) is 0.113. The first-order valence-electron chi connectivity index (χ1n) is 14.5. The molecule has 0 bridgehead atoms. The average molecular weight is 511 g/mol. The summed E-state index contributed by atoms with van der Waals surface area (Å²) in [6.45, 7) is -0.725. The van der Waals surface area contributed by atoms with E-state index in [4.69, 9.17) is 5.11 Å². The van der Waals surface area contributed by atoms with E-state index >= 15 is 0 Å². The van der Waals surface area contributed by atoms with Crippen LogP contribution in [0.5, 0.6) is 0 Å². The minimum atomic E-state index is -1.70. The van der Waals surface area contributed by atoms with Crippen molar-refractivity contribution in [3.63, 3.8) is 0 Å². The summed E-state index contributed by atoms with van der Waals surface area (Å²) in [5.74, 6) is 0. The summed E-state index contributed by atoms with van der Waals surface area (Å²) in [6, 6.07) is 10.8. The molecular weight excluding hydrogens is 456 g/mol. The molecule has 210 valence electrons. The van der Waals surface area contributed by atoms with Gasteiger partial charge in [-0.2, -0.15) is 0 Å². The summed E-state index contributed by atoms with van der Waals surface area (Å²) in [5, 5.41) is 57.5. The van der Waals surface area contributed by atoms with Gasteiger partial charge in [-0.05, 0) is 24.8 Å². The molecule has 36 heavy (non-hydrogen) atoms. The van der Waals surface area contributed by atoms with Crippen LogP contribution in [0, 0.1) is 0 Å². The standard InChI is InChI=1S/C30H54O6/c31-24-27(33)29(35)30(36)28(34)26(32)23-19-14-12-10-8-6-4-2-1-3-5-7-9-11-13-16-20-25-21-17-15-18-22-25/h15,17-18,21-22,26-36H,1-14,16,19-20,23-24H2/t26?,27-,28+,29-,30-/m1/s1. The van der Waals surface area contributed by atoms with Crippen molar-refractivity contribution in [2.75, 3.05) is 6.61 Å². The van der Waals surface area contributed by atoms with Crippen molar-refractivity contribution in [3.05, 3.63) is 35.9 Å². The predicted octanol–water partition coefficient (Wildman–Crippen LogP) is 4.66. The van der Waals surface area contributed by atoms with Crippen LogP contribution in [0.3, 0.4) is 0 Å². The van der Waals surface area contributed by atoms with Crippen LogP contribution >= 0.6 is 0 Å². The Morgan fingerprint density at radius 3 is 1.28 bits per heavy atom. The molecule has 1 aromatic carbocycles. The van der Waals surface area contributed by atoms with Gasteiger partial charge in [0, 0.05) is 0 Å². The molecule has 0 aliphatic rings. The maximum atomic E-state index is 9.99. The smallest absolute Gasteiger partial charge is 0.111 e. The highest BCUT2D eigenvalue weighted by molar-refractivity contribution is 5.14. The van der Waals surface area contributed by atoms with Gasteiger partial charge in [0.05, 0.1) is 12.7 Å². The van der Waals surface area contributed by atoms with E-state index in [1.54, 1.807) is 0 Å². The van der Waals surface area contributed by atoms with Crippen LogP contribution in [0.4, 0.5) is 0 Å². The minimum absolute atomic E-state index is 0.327. The van der Waals surface area contributed by atoms with E-state index in [9.17, 15) is 25.5 Å². The predicted molar refractivity (Wildman–Crippen MR) is 146 cm³/mol. The van der Waals surface area contributed by atoms with Gasteiger partial charge < -0.3 is 30.6 Å². The number of aliphatic hydroxyl groups excluding tert-OH is 6. The van der Waals surface area contributed by atoms with Crippen molar-refractivity contribution in [1.82, 2.24) is 0 Å². The van der Waals surface area contributed by atoms with Crippen molar-refractivity contribution in [3.8, 4) is 0 Å². The van der Waals surface area contributed by atoms with Crippen molar-refractivity contribution >= 4 is 0 Å². The van der Waals surface area contributed by atoms with Crippen LogP contribution in [0.25, 0.3) is 0 Å². The zero-order valence-electron chi connectivity index (χ0n) is 22.4. The fourth-order valence-electron chi connectivity index (χ4n) is 4.74. The summed E-state index contributed by atoms with van der Waals surface area (Å²) in [7, 11) is 0. The Balaban J connectivity index is 1.82. The molecule has 0 fully saturated rings. The van der Waals surface area contributed by atoms with Crippen molar-refractivity contribution in [1.29, 1.82) is 0 Å². The molecule has 0 spiro atoms. The van der Waals surface area contributed by atoms with Crippen molar-refractivity contribution in [2.45, 2.75) is 146 Å². The van der Waals surface area contributed by atoms with Crippen molar-refractivity contribution in [2.24, 2.45) is 0 Å². The first kappa shape index (κ1) is 33.0. The van der Waals surface area contributed by atoms with E-state index in [-0.39, 0.29) is 0 Å². The number of rotatable bonds is 24. The second-order valence-corrected chi connectivity index (χ2v) is 10.5. The monoisotopic (exact) mass is 510 g/mol. The van der Waals surface area contributed by atoms with E-state index in [1.807, 2.05) is 0 Å².